The van der Waals surface area contributed by atoms with Crippen LogP contribution in [0.3, 0.4) is 0 Å². The second kappa shape index (κ2) is 11.3. The number of nitriles is 1. The Kier molecular flexibility index (Phi) is 7.88. The molecule has 10 nitrogen and oxygen atoms in total. The first-order chi connectivity index (χ1) is 18.3. The highest BCUT2D eigenvalue weighted by Gasteiger charge is 2.29. The van der Waals surface area contributed by atoms with Crippen LogP contribution in [0.4, 0.5) is 17.6 Å². The van der Waals surface area contributed by atoms with Crippen molar-refractivity contribution in [3.63, 3.8) is 0 Å². The Morgan fingerprint density at radius 2 is 1.95 bits per heavy atom. The van der Waals surface area contributed by atoms with E-state index in [-0.39, 0.29) is 23.9 Å². The van der Waals surface area contributed by atoms with Gasteiger partial charge >= 0.3 is 0 Å². The number of carbonyl (C=O) groups is 1. The van der Waals surface area contributed by atoms with Gasteiger partial charge in [-0.3, -0.25) is 9.36 Å². The number of fused-ring (bicyclic) bond motifs is 1. The first-order valence-electron chi connectivity index (χ1n) is 12.9. The predicted octanol–water partition coefficient (Wildman–Crippen LogP) is 5.19. The summed E-state index contributed by atoms with van der Waals surface area (Å²) in [7, 11) is 0. The average molecular weight is 557 g/mol. The molecule has 2 aliphatic rings. The molecular formula is C26H30Cl2N8O2. The van der Waals surface area contributed by atoms with Gasteiger partial charge in [-0.25, -0.2) is 9.97 Å². The highest BCUT2D eigenvalue weighted by molar-refractivity contribution is 6.39. The summed E-state index contributed by atoms with van der Waals surface area (Å²) >= 11 is 13.0. The average Bonchev–Trinajstić information content (AvgIpc) is 3.25. The number of nitrogens with two attached hydrogens (primary N) is 1. The van der Waals surface area contributed by atoms with E-state index >= 15 is 0 Å². The molecule has 0 radical (unpaired) electrons. The van der Waals surface area contributed by atoms with Gasteiger partial charge in [0.1, 0.15) is 5.52 Å². The quantitative estimate of drug-likeness (QED) is 0.360. The molecule has 200 valence electrons. The topological polar surface area (TPSA) is 144 Å². The standard InChI is InChI=1S/C26H30Cl2N8O2/c1-14-13-38-7-6-20(14)32-25-31-12-21-24(35-25)36(17-4-2-15(3-5-17)10-22(30)37)26(33-21)34-23-18(27)8-16(11-29)9-19(23)28/h8-9,12,14-15,17,20H,2-7,10,13H2,1H3,(H2,30,37)(H,33,34)(H,31,32,35)/t14-,15?,17?,20-/m0/s1. The summed E-state index contributed by atoms with van der Waals surface area (Å²) in [4.78, 5) is 25.7. The van der Waals surface area contributed by atoms with E-state index in [0.29, 0.717) is 69.9 Å². The molecule has 2 aromatic heterocycles. The fourth-order valence-corrected chi connectivity index (χ4v) is 6.00. The van der Waals surface area contributed by atoms with Gasteiger partial charge in [0.25, 0.3) is 0 Å². The first-order valence-corrected chi connectivity index (χ1v) is 13.6. The minimum absolute atomic E-state index is 0.0901. The molecule has 38 heavy (non-hydrogen) atoms. The minimum Gasteiger partial charge on any atom is -0.381 e. The summed E-state index contributed by atoms with van der Waals surface area (Å²) in [5.74, 6) is 1.43. The molecule has 2 atom stereocenters. The second-order valence-corrected chi connectivity index (χ2v) is 11.0. The van der Waals surface area contributed by atoms with Crippen LogP contribution in [0.15, 0.2) is 18.3 Å². The van der Waals surface area contributed by atoms with Crippen LogP contribution in [0.1, 0.15) is 57.1 Å². The van der Waals surface area contributed by atoms with E-state index in [0.717, 1.165) is 32.1 Å². The number of halogens is 2. The zero-order chi connectivity index (χ0) is 26.8. The molecule has 1 saturated heterocycles. The van der Waals surface area contributed by atoms with Gasteiger partial charge in [-0.15, -0.1) is 0 Å². The summed E-state index contributed by atoms with van der Waals surface area (Å²) in [5, 5.41) is 16.7. The van der Waals surface area contributed by atoms with Crippen molar-refractivity contribution in [3.8, 4) is 6.07 Å². The van der Waals surface area contributed by atoms with Crippen molar-refractivity contribution >= 4 is 57.9 Å². The number of imidazole rings is 1. The first kappa shape index (κ1) is 26.5. The number of nitrogens with zero attached hydrogens (tertiary/aromatic N) is 5. The summed E-state index contributed by atoms with van der Waals surface area (Å²) < 4.78 is 7.66. The number of primary amides is 1. The number of nitrogens with one attached hydrogen (secondary N) is 2. The van der Waals surface area contributed by atoms with Gasteiger partial charge in [-0.05, 0) is 56.1 Å². The van der Waals surface area contributed by atoms with Gasteiger partial charge in [-0.1, -0.05) is 30.1 Å². The van der Waals surface area contributed by atoms with Crippen molar-refractivity contribution in [1.82, 2.24) is 19.5 Å². The van der Waals surface area contributed by atoms with E-state index in [1.54, 1.807) is 18.3 Å². The van der Waals surface area contributed by atoms with E-state index in [1.165, 1.54) is 0 Å². The van der Waals surface area contributed by atoms with Crippen molar-refractivity contribution in [3.05, 3.63) is 33.9 Å². The molecule has 4 N–H and O–H groups in total. The number of ether oxygens (including phenoxy) is 1. The Morgan fingerprint density at radius 3 is 2.61 bits per heavy atom. The Balaban J connectivity index is 1.51. The number of carbonyl (C=O) groups excluding carboxylic acids is 1. The minimum atomic E-state index is -0.264. The lowest BCUT2D eigenvalue weighted by Crippen LogP contribution is -2.36. The molecule has 3 aromatic rings. The van der Waals surface area contributed by atoms with Crippen LogP contribution in [0, 0.1) is 23.2 Å². The van der Waals surface area contributed by atoms with E-state index in [1.807, 2.05) is 0 Å². The molecule has 0 spiro atoms. The zero-order valence-corrected chi connectivity index (χ0v) is 22.6. The van der Waals surface area contributed by atoms with E-state index in [9.17, 15) is 10.1 Å². The number of aromatic nitrogens is 4. The second-order valence-electron chi connectivity index (χ2n) is 10.2. The van der Waals surface area contributed by atoms with Crippen LogP contribution in [-0.4, -0.2) is 44.7 Å². The maximum absolute atomic E-state index is 11.5. The molecule has 1 aliphatic heterocycles. The Hall–Kier alpha value is -3.13. The molecule has 5 rings (SSSR count). The fourth-order valence-electron chi connectivity index (χ4n) is 5.42. The molecule has 1 aromatic carbocycles. The van der Waals surface area contributed by atoms with E-state index in [4.69, 9.17) is 43.6 Å². The summed E-state index contributed by atoms with van der Waals surface area (Å²) in [6.07, 6.45) is 6.44. The highest BCUT2D eigenvalue weighted by atomic mass is 35.5. The van der Waals surface area contributed by atoms with Crippen LogP contribution in [-0.2, 0) is 9.53 Å². The summed E-state index contributed by atoms with van der Waals surface area (Å²) in [6.45, 7) is 3.56. The number of rotatable bonds is 7. The lowest BCUT2D eigenvalue weighted by atomic mass is 9.84. The number of hydrogen-bond donors (Lipinski definition) is 3. The van der Waals surface area contributed by atoms with E-state index < -0.39 is 0 Å². The van der Waals surface area contributed by atoms with Crippen molar-refractivity contribution in [2.24, 2.45) is 17.6 Å². The SMILES string of the molecule is C[C@H]1COCC[C@@H]1Nc1ncc2nc(Nc3c(Cl)cc(C#N)cc3Cl)n(C3CCC(CC(N)=O)CC3)c2n1. The van der Waals surface area contributed by atoms with Crippen LogP contribution in [0.5, 0.6) is 0 Å². The smallest absolute Gasteiger partial charge is 0.224 e. The molecule has 3 heterocycles. The largest absolute Gasteiger partial charge is 0.381 e. The molecular weight excluding hydrogens is 527 g/mol. The fraction of sp³-hybridized carbons (Fsp3) is 0.500. The third-order valence-electron chi connectivity index (χ3n) is 7.47. The van der Waals surface area contributed by atoms with Gasteiger partial charge in [0, 0.05) is 25.1 Å². The molecule has 1 amide bonds. The van der Waals surface area contributed by atoms with E-state index in [2.05, 4.69) is 33.2 Å². The molecule has 2 fully saturated rings. The number of anilines is 3. The Morgan fingerprint density at radius 1 is 1.21 bits per heavy atom. The monoisotopic (exact) mass is 556 g/mol. The highest BCUT2D eigenvalue weighted by Crippen LogP contribution is 2.40. The normalized spacial score (nSPS) is 23.6. The lowest BCUT2D eigenvalue weighted by Gasteiger charge is -2.30. The zero-order valence-electron chi connectivity index (χ0n) is 21.1. The van der Waals surface area contributed by atoms with Crippen LogP contribution in [0.2, 0.25) is 10.0 Å². The summed E-state index contributed by atoms with van der Waals surface area (Å²) in [6, 6.07) is 5.50. The Labute approximate surface area is 230 Å². The Bertz CT molecular complexity index is 1360. The molecule has 1 saturated carbocycles. The number of benzene rings is 1. The van der Waals surface area contributed by atoms with Crippen LogP contribution >= 0.6 is 23.2 Å². The number of amides is 1. The lowest BCUT2D eigenvalue weighted by molar-refractivity contribution is -0.119. The maximum atomic E-state index is 11.5. The van der Waals surface area contributed by atoms with Gasteiger partial charge in [0.05, 0.1) is 40.2 Å². The number of hydrogen-bond acceptors (Lipinski definition) is 8. The van der Waals surface area contributed by atoms with Crippen LogP contribution in [0.25, 0.3) is 11.2 Å². The summed E-state index contributed by atoms with van der Waals surface area (Å²) in [5.41, 5.74) is 7.62. The third-order valence-corrected chi connectivity index (χ3v) is 8.06. The van der Waals surface area contributed by atoms with Crippen molar-refractivity contribution in [2.45, 2.75) is 57.5 Å². The maximum Gasteiger partial charge on any atom is 0.224 e. The van der Waals surface area contributed by atoms with Gasteiger partial charge in [0.15, 0.2) is 5.65 Å². The third kappa shape index (κ3) is 5.65. The molecule has 12 heteroatoms. The van der Waals surface area contributed by atoms with Gasteiger partial charge in [0.2, 0.25) is 17.8 Å². The molecule has 0 unspecified atom stereocenters. The van der Waals surface area contributed by atoms with Crippen molar-refractivity contribution < 1.29 is 9.53 Å². The van der Waals surface area contributed by atoms with Crippen LogP contribution < -0.4 is 16.4 Å². The molecule has 1 aliphatic carbocycles. The molecule has 0 bridgehead atoms. The van der Waals surface area contributed by atoms with Gasteiger partial charge < -0.3 is 21.1 Å². The predicted molar refractivity (Wildman–Crippen MR) is 147 cm³/mol. The van der Waals surface area contributed by atoms with Gasteiger partial charge in [-0.2, -0.15) is 10.2 Å². The van der Waals surface area contributed by atoms with Crippen molar-refractivity contribution in [2.75, 3.05) is 23.8 Å². The van der Waals surface area contributed by atoms with Crippen molar-refractivity contribution in [1.29, 1.82) is 5.26 Å².